The van der Waals surface area contributed by atoms with Gasteiger partial charge in [-0.2, -0.15) is 5.10 Å². The Bertz CT molecular complexity index is 792. The number of hydrogen-bond donors (Lipinski definition) is 1. The van der Waals surface area contributed by atoms with E-state index in [2.05, 4.69) is 10.1 Å². The Morgan fingerprint density at radius 1 is 1.33 bits per heavy atom. The van der Waals surface area contributed by atoms with Crippen molar-refractivity contribution in [3.05, 3.63) is 35.9 Å². The number of anilines is 1. The zero-order valence-corrected chi connectivity index (χ0v) is 11.9. The summed E-state index contributed by atoms with van der Waals surface area (Å²) >= 11 is 0. The molecule has 6 nitrogen and oxygen atoms in total. The average molecular weight is 289 g/mol. The van der Waals surface area contributed by atoms with E-state index in [1.165, 1.54) is 13.2 Å². The van der Waals surface area contributed by atoms with Crippen molar-refractivity contribution in [1.82, 2.24) is 19.3 Å². The summed E-state index contributed by atoms with van der Waals surface area (Å²) in [6.07, 6.45) is 3.75. The SMILES string of the molecule is COc1cc2c(cc1F)nc(N)n2CCn1cc(C)cn1. The van der Waals surface area contributed by atoms with Crippen molar-refractivity contribution in [2.75, 3.05) is 12.8 Å². The molecule has 2 N–H and O–H groups in total. The van der Waals surface area contributed by atoms with Crippen molar-refractivity contribution >= 4 is 17.0 Å². The second-order valence-corrected chi connectivity index (χ2v) is 4.88. The number of benzene rings is 1. The van der Waals surface area contributed by atoms with Gasteiger partial charge in [0.25, 0.3) is 0 Å². The lowest BCUT2D eigenvalue weighted by atomic mass is 10.3. The Balaban J connectivity index is 1.95. The van der Waals surface area contributed by atoms with Crippen molar-refractivity contribution in [3.8, 4) is 5.75 Å². The first kappa shape index (κ1) is 13.4. The molecule has 3 rings (SSSR count). The van der Waals surface area contributed by atoms with Gasteiger partial charge in [-0.25, -0.2) is 9.37 Å². The van der Waals surface area contributed by atoms with Crippen LogP contribution in [0.5, 0.6) is 5.75 Å². The van der Waals surface area contributed by atoms with Crippen LogP contribution in [-0.2, 0) is 13.1 Å². The zero-order chi connectivity index (χ0) is 15.0. The summed E-state index contributed by atoms with van der Waals surface area (Å²) in [5.74, 6) is 0.0810. The lowest BCUT2D eigenvalue weighted by Gasteiger charge is -2.08. The van der Waals surface area contributed by atoms with Crippen LogP contribution >= 0.6 is 0 Å². The van der Waals surface area contributed by atoms with E-state index < -0.39 is 5.82 Å². The highest BCUT2D eigenvalue weighted by molar-refractivity contribution is 5.80. The average Bonchev–Trinajstić information content (AvgIpc) is 2.98. The van der Waals surface area contributed by atoms with Crippen molar-refractivity contribution in [1.29, 1.82) is 0 Å². The van der Waals surface area contributed by atoms with Gasteiger partial charge in [0.2, 0.25) is 5.95 Å². The molecular formula is C14H16FN5O. The maximum atomic E-state index is 13.7. The number of ether oxygens (including phenoxy) is 1. The van der Waals surface area contributed by atoms with Gasteiger partial charge in [-0.3, -0.25) is 4.68 Å². The fourth-order valence-corrected chi connectivity index (χ4v) is 2.33. The van der Waals surface area contributed by atoms with E-state index in [-0.39, 0.29) is 5.75 Å². The van der Waals surface area contributed by atoms with Crippen LogP contribution in [0.15, 0.2) is 24.5 Å². The number of halogens is 1. The Morgan fingerprint density at radius 3 is 2.81 bits per heavy atom. The third-order valence-corrected chi connectivity index (χ3v) is 3.37. The number of methoxy groups -OCH3 is 1. The summed E-state index contributed by atoms with van der Waals surface area (Å²) in [6, 6.07) is 2.95. The van der Waals surface area contributed by atoms with Gasteiger partial charge in [-0.1, -0.05) is 0 Å². The van der Waals surface area contributed by atoms with Crippen LogP contribution in [0, 0.1) is 12.7 Å². The molecule has 0 amide bonds. The van der Waals surface area contributed by atoms with Gasteiger partial charge < -0.3 is 15.0 Å². The molecule has 0 saturated heterocycles. The molecule has 0 aliphatic rings. The Hall–Kier alpha value is -2.57. The Labute approximate surface area is 120 Å². The fourth-order valence-electron chi connectivity index (χ4n) is 2.33. The molecular weight excluding hydrogens is 273 g/mol. The number of aromatic nitrogens is 4. The first-order valence-electron chi connectivity index (χ1n) is 6.57. The van der Waals surface area contributed by atoms with Crippen LogP contribution in [0.4, 0.5) is 10.3 Å². The highest BCUT2D eigenvalue weighted by Crippen LogP contribution is 2.26. The van der Waals surface area contributed by atoms with E-state index in [0.29, 0.717) is 24.6 Å². The summed E-state index contributed by atoms with van der Waals surface area (Å²) in [7, 11) is 1.43. The molecule has 110 valence electrons. The van der Waals surface area contributed by atoms with Gasteiger partial charge in [0.05, 0.1) is 30.9 Å². The maximum Gasteiger partial charge on any atom is 0.201 e. The van der Waals surface area contributed by atoms with Gasteiger partial charge in [0.1, 0.15) is 0 Å². The standard InChI is InChI=1S/C14H16FN5O/c1-9-7-17-19(8-9)3-4-20-12-6-13(21-2)10(15)5-11(12)18-14(20)16/h5-8H,3-4H2,1-2H3,(H2,16,18). The van der Waals surface area contributed by atoms with Crippen molar-refractivity contribution in [2.45, 2.75) is 20.0 Å². The summed E-state index contributed by atoms with van der Waals surface area (Å²) < 4.78 is 22.4. The predicted octanol–water partition coefficient (Wildman–Crippen LogP) is 1.97. The molecule has 2 heterocycles. The van der Waals surface area contributed by atoms with Gasteiger partial charge in [0, 0.05) is 24.9 Å². The van der Waals surface area contributed by atoms with Crippen LogP contribution in [0.1, 0.15) is 5.56 Å². The number of nitrogen functional groups attached to an aromatic ring is 1. The number of hydrogen-bond acceptors (Lipinski definition) is 4. The quantitative estimate of drug-likeness (QED) is 0.797. The molecule has 0 saturated carbocycles. The number of rotatable bonds is 4. The normalized spacial score (nSPS) is 11.2. The molecule has 0 unspecified atom stereocenters. The second-order valence-electron chi connectivity index (χ2n) is 4.88. The van der Waals surface area contributed by atoms with Gasteiger partial charge in [-0.05, 0) is 12.5 Å². The number of nitrogens with zero attached hydrogens (tertiary/aromatic N) is 4. The van der Waals surface area contributed by atoms with E-state index in [0.717, 1.165) is 11.1 Å². The number of aryl methyl sites for hydroxylation is 3. The summed E-state index contributed by atoms with van der Waals surface area (Å²) in [6.45, 7) is 3.24. The third kappa shape index (κ3) is 2.42. The maximum absolute atomic E-state index is 13.7. The lowest BCUT2D eigenvalue weighted by Crippen LogP contribution is -2.10. The van der Waals surface area contributed by atoms with E-state index in [1.54, 1.807) is 12.3 Å². The third-order valence-electron chi connectivity index (χ3n) is 3.37. The van der Waals surface area contributed by atoms with E-state index in [4.69, 9.17) is 10.5 Å². The molecule has 0 fully saturated rings. The molecule has 1 aromatic carbocycles. The largest absolute Gasteiger partial charge is 0.494 e. The van der Waals surface area contributed by atoms with Crippen LogP contribution in [0.25, 0.3) is 11.0 Å². The first-order valence-corrected chi connectivity index (χ1v) is 6.57. The summed E-state index contributed by atoms with van der Waals surface area (Å²) in [4.78, 5) is 4.18. The molecule has 0 aliphatic carbocycles. The van der Waals surface area contributed by atoms with Crippen molar-refractivity contribution in [3.63, 3.8) is 0 Å². The minimum Gasteiger partial charge on any atom is -0.494 e. The smallest absolute Gasteiger partial charge is 0.201 e. The molecule has 2 aromatic heterocycles. The highest BCUT2D eigenvalue weighted by atomic mass is 19.1. The van der Waals surface area contributed by atoms with Crippen LogP contribution < -0.4 is 10.5 Å². The minimum absolute atomic E-state index is 0.179. The summed E-state index contributed by atoms with van der Waals surface area (Å²) in [5, 5.41) is 4.23. The van der Waals surface area contributed by atoms with Gasteiger partial charge in [0.15, 0.2) is 11.6 Å². The molecule has 0 radical (unpaired) electrons. The summed E-state index contributed by atoms with van der Waals surface area (Å²) in [5.41, 5.74) is 8.28. The van der Waals surface area contributed by atoms with Crippen LogP contribution in [-0.4, -0.2) is 26.4 Å². The minimum atomic E-state index is -0.447. The highest BCUT2D eigenvalue weighted by Gasteiger charge is 2.13. The van der Waals surface area contributed by atoms with E-state index in [1.807, 2.05) is 22.4 Å². The number of fused-ring (bicyclic) bond motifs is 1. The van der Waals surface area contributed by atoms with E-state index in [9.17, 15) is 4.39 Å². The van der Waals surface area contributed by atoms with Gasteiger partial charge >= 0.3 is 0 Å². The zero-order valence-electron chi connectivity index (χ0n) is 11.9. The Morgan fingerprint density at radius 2 is 2.14 bits per heavy atom. The molecule has 3 aromatic rings. The Kier molecular flexibility index (Phi) is 3.25. The lowest BCUT2D eigenvalue weighted by molar-refractivity contribution is 0.387. The second kappa shape index (κ2) is 5.08. The molecule has 0 bridgehead atoms. The molecule has 7 heteroatoms. The molecule has 21 heavy (non-hydrogen) atoms. The fraction of sp³-hybridized carbons (Fsp3) is 0.286. The molecule has 0 aliphatic heterocycles. The molecule has 0 atom stereocenters. The van der Waals surface area contributed by atoms with Crippen molar-refractivity contribution < 1.29 is 9.13 Å². The predicted molar refractivity (Wildman–Crippen MR) is 77.6 cm³/mol. The van der Waals surface area contributed by atoms with E-state index >= 15 is 0 Å². The number of nitrogens with two attached hydrogens (primary N) is 1. The monoisotopic (exact) mass is 289 g/mol. The first-order chi connectivity index (χ1) is 10.1. The van der Waals surface area contributed by atoms with Gasteiger partial charge in [-0.15, -0.1) is 0 Å². The van der Waals surface area contributed by atoms with Crippen molar-refractivity contribution in [2.24, 2.45) is 0 Å². The topological polar surface area (TPSA) is 70.9 Å². The van der Waals surface area contributed by atoms with Crippen LogP contribution in [0.2, 0.25) is 0 Å². The number of imidazole rings is 1. The molecule has 0 spiro atoms. The van der Waals surface area contributed by atoms with Crippen LogP contribution in [0.3, 0.4) is 0 Å².